The molecule has 5 heteroatoms. The molecule has 30 heavy (non-hydrogen) atoms. The van der Waals surface area contributed by atoms with Crippen LogP contribution in [0.2, 0.25) is 0 Å². The topological polar surface area (TPSA) is 62.1 Å². The van der Waals surface area contributed by atoms with E-state index in [-0.39, 0.29) is 5.57 Å². The maximum atomic E-state index is 12.5. The third-order valence-electron chi connectivity index (χ3n) is 4.73. The second kappa shape index (κ2) is 10.1. The number of nitrogens with one attached hydrogen (secondary N) is 1. The number of amides is 1. The van der Waals surface area contributed by atoms with Gasteiger partial charge in [0.1, 0.15) is 24.0 Å². The maximum Gasteiger partial charge on any atom is 0.266 e. The molecule has 1 N–H and O–H groups in total. The summed E-state index contributed by atoms with van der Waals surface area (Å²) in [6.45, 7) is 4.40. The molecule has 0 atom stereocenters. The first-order chi connectivity index (χ1) is 14.5. The van der Waals surface area contributed by atoms with Crippen molar-refractivity contribution in [1.82, 2.24) is 0 Å². The van der Waals surface area contributed by atoms with Crippen LogP contribution in [0.1, 0.15) is 22.3 Å². The number of hydrogen-bond donors (Lipinski definition) is 1. The second-order valence-electron chi connectivity index (χ2n) is 6.86. The summed E-state index contributed by atoms with van der Waals surface area (Å²) in [4.78, 5) is 12.5. The minimum absolute atomic E-state index is 0.0449. The number of carbonyl (C=O) groups excluding carboxylic acids is 1. The standard InChI is InChI=1S/C25H21IN2O2/c1-17-4-3-5-24(18(17)2)28-25(29)21(15-27)14-19-8-12-23(13-9-19)30-16-20-6-10-22(26)11-7-20/h3-14H,16H2,1-2H3,(H,28,29)/b21-14-. The average Bonchev–Trinajstić information content (AvgIpc) is 2.75. The highest BCUT2D eigenvalue weighted by Crippen LogP contribution is 2.20. The number of halogens is 1. The molecule has 0 aliphatic carbocycles. The van der Waals surface area contributed by atoms with Crippen LogP contribution in [0.25, 0.3) is 6.08 Å². The fourth-order valence-corrected chi connectivity index (χ4v) is 3.16. The normalized spacial score (nSPS) is 10.9. The molecule has 0 saturated heterocycles. The molecule has 3 rings (SSSR count). The molecule has 3 aromatic rings. The zero-order valence-electron chi connectivity index (χ0n) is 16.8. The lowest BCUT2D eigenvalue weighted by molar-refractivity contribution is -0.112. The van der Waals surface area contributed by atoms with Crippen molar-refractivity contribution < 1.29 is 9.53 Å². The van der Waals surface area contributed by atoms with Gasteiger partial charge in [0.05, 0.1) is 0 Å². The Morgan fingerprint density at radius 3 is 2.43 bits per heavy atom. The number of carbonyl (C=O) groups is 1. The fraction of sp³-hybridized carbons (Fsp3) is 0.120. The molecule has 4 nitrogen and oxygen atoms in total. The van der Waals surface area contributed by atoms with Crippen molar-refractivity contribution >= 4 is 40.3 Å². The summed E-state index contributed by atoms with van der Waals surface area (Å²) in [6, 6.07) is 23.1. The minimum atomic E-state index is -0.426. The zero-order chi connectivity index (χ0) is 21.5. The van der Waals surface area contributed by atoms with Crippen LogP contribution in [0.5, 0.6) is 5.75 Å². The van der Waals surface area contributed by atoms with E-state index in [1.807, 2.05) is 86.6 Å². The Labute approximate surface area is 190 Å². The monoisotopic (exact) mass is 508 g/mol. The summed E-state index contributed by atoms with van der Waals surface area (Å²) in [6.07, 6.45) is 1.57. The maximum absolute atomic E-state index is 12.5. The fourth-order valence-electron chi connectivity index (χ4n) is 2.80. The van der Waals surface area contributed by atoms with Gasteiger partial charge in [-0.05, 0) is 95.1 Å². The lowest BCUT2D eigenvalue weighted by Gasteiger charge is -2.10. The van der Waals surface area contributed by atoms with E-state index in [1.54, 1.807) is 6.08 Å². The number of aryl methyl sites for hydroxylation is 1. The third-order valence-corrected chi connectivity index (χ3v) is 5.45. The van der Waals surface area contributed by atoms with E-state index < -0.39 is 5.91 Å². The van der Waals surface area contributed by atoms with Crippen molar-refractivity contribution in [2.24, 2.45) is 0 Å². The smallest absolute Gasteiger partial charge is 0.266 e. The molecule has 0 heterocycles. The molecule has 0 spiro atoms. The van der Waals surface area contributed by atoms with E-state index in [1.165, 1.54) is 3.57 Å². The summed E-state index contributed by atoms with van der Waals surface area (Å²) in [7, 11) is 0. The molecule has 0 saturated carbocycles. The van der Waals surface area contributed by atoms with E-state index in [0.29, 0.717) is 12.3 Å². The van der Waals surface area contributed by atoms with Gasteiger partial charge in [-0.2, -0.15) is 5.26 Å². The summed E-state index contributed by atoms with van der Waals surface area (Å²) < 4.78 is 6.98. The molecule has 0 bridgehead atoms. The van der Waals surface area contributed by atoms with Crippen molar-refractivity contribution in [3.63, 3.8) is 0 Å². The van der Waals surface area contributed by atoms with Crippen molar-refractivity contribution in [1.29, 1.82) is 5.26 Å². The Morgan fingerprint density at radius 2 is 1.77 bits per heavy atom. The van der Waals surface area contributed by atoms with E-state index in [0.717, 1.165) is 28.0 Å². The number of nitriles is 1. The number of rotatable bonds is 6. The molecule has 0 radical (unpaired) electrons. The van der Waals surface area contributed by atoms with Gasteiger partial charge in [-0.15, -0.1) is 0 Å². The van der Waals surface area contributed by atoms with Crippen LogP contribution in [0.3, 0.4) is 0 Å². The molecular formula is C25H21IN2O2. The van der Waals surface area contributed by atoms with Crippen LogP contribution in [0, 0.1) is 28.7 Å². The molecule has 150 valence electrons. The Balaban J connectivity index is 1.66. The van der Waals surface area contributed by atoms with Crippen LogP contribution in [0.4, 0.5) is 5.69 Å². The Kier molecular flexibility index (Phi) is 7.26. The average molecular weight is 508 g/mol. The van der Waals surface area contributed by atoms with E-state index >= 15 is 0 Å². The zero-order valence-corrected chi connectivity index (χ0v) is 18.9. The van der Waals surface area contributed by atoms with Gasteiger partial charge in [0, 0.05) is 9.26 Å². The van der Waals surface area contributed by atoms with Crippen molar-refractivity contribution in [2.45, 2.75) is 20.5 Å². The van der Waals surface area contributed by atoms with Crippen LogP contribution in [-0.4, -0.2) is 5.91 Å². The second-order valence-corrected chi connectivity index (χ2v) is 8.10. The van der Waals surface area contributed by atoms with Crippen molar-refractivity contribution in [3.8, 4) is 11.8 Å². The van der Waals surface area contributed by atoms with Crippen molar-refractivity contribution in [3.05, 3.63) is 98.1 Å². The lowest BCUT2D eigenvalue weighted by Crippen LogP contribution is -2.14. The van der Waals surface area contributed by atoms with Crippen LogP contribution < -0.4 is 10.1 Å². The summed E-state index contributed by atoms with van der Waals surface area (Å²) in [5, 5.41) is 12.3. The van der Waals surface area contributed by atoms with Gasteiger partial charge in [-0.3, -0.25) is 4.79 Å². The van der Waals surface area contributed by atoms with Gasteiger partial charge in [0.2, 0.25) is 0 Å². The Hall–Kier alpha value is -3.11. The first-order valence-corrected chi connectivity index (χ1v) is 10.5. The molecule has 0 fully saturated rings. The van der Waals surface area contributed by atoms with Gasteiger partial charge < -0.3 is 10.1 Å². The highest BCUT2D eigenvalue weighted by atomic mass is 127. The first-order valence-electron chi connectivity index (χ1n) is 9.43. The summed E-state index contributed by atoms with van der Waals surface area (Å²) >= 11 is 2.27. The minimum Gasteiger partial charge on any atom is -0.489 e. The lowest BCUT2D eigenvalue weighted by atomic mass is 10.1. The van der Waals surface area contributed by atoms with Crippen LogP contribution in [0.15, 0.2) is 72.3 Å². The quantitative estimate of drug-likeness (QED) is 0.251. The van der Waals surface area contributed by atoms with Gasteiger partial charge in [-0.25, -0.2) is 0 Å². The molecule has 0 unspecified atom stereocenters. The van der Waals surface area contributed by atoms with Crippen molar-refractivity contribution in [2.75, 3.05) is 5.32 Å². The molecule has 3 aromatic carbocycles. The molecule has 0 aliphatic rings. The molecule has 1 amide bonds. The van der Waals surface area contributed by atoms with Crippen LogP contribution >= 0.6 is 22.6 Å². The van der Waals surface area contributed by atoms with Gasteiger partial charge in [0.25, 0.3) is 5.91 Å². The largest absolute Gasteiger partial charge is 0.489 e. The highest BCUT2D eigenvalue weighted by Gasteiger charge is 2.11. The first kappa shape index (κ1) is 21.6. The van der Waals surface area contributed by atoms with Gasteiger partial charge in [-0.1, -0.05) is 36.4 Å². The number of ether oxygens (including phenoxy) is 1. The molecular weight excluding hydrogens is 487 g/mol. The molecule has 0 aliphatic heterocycles. The number of nitrogens with zero attached hydrogens (tertiary/aromatic N) is 1. The van der Waals surface area contributed by atoms with Gasteiger partial charge >= 0.3 is 0 Å². The number of anilines is 1. The third kappa shape index (κ3) is 5.71. The Bertz CT molecular complexity index is 1110. The molecule has 0 aromatic heterocycles. The SMILES string of the molecule is Cc1cccc(NC(=O)/C(C#N)=C\c2ccc(OCc3ccc(I)cc3)cc2)c1C. The number of hydrogen-bond acceptors (Lipinski definition) is 3. The Morgan fingerprint density at radius 1 is 1.07 bits per heavy atom. The summed E-state index contributed by atoms with van der Waals surface area (Å²) in [5.74, 6) is 0.300. The summed E-state index contributed by atoms with van der Waals surface area (Å²) in [5.41, 5.74) is 4.66. The van der Waals surface area contributed by atoms with Gasteiger partial charge in [0.15, 0.2) is 0 Å². The predicted molar refractivity (Wildman–Crippen MR) is 128 cm³/mol. The van der Waals surface area contributed by atoms with E-state index in [2.05, 4.69) is 27.9 Å². The van der Waals surface area contributed by atoms with E-state index in [4.69, 9.17) is 4.74 Å². The highest BCUT2D eigenvalue weighted by molar-refractivity contribution is 14.1. The number of benzene rings is 3. The predicted octanol–water partition coefficient (Wildman–Crippen LogP) is 6.03. The van der Waals surface area contributed by atoms with Crippen LogP contribution in [-0.2, 0) is 11.4 Å². The van der Waals surface area contributed by atoms with E-state index in [9.17, 15) is 10.1 Å².